The zero-order valence-corrected chi connectivity index (χ0v) is 16.3. The molecular weight excluding hydrogens is 526 g/mol. The molecule has 0 aliphatic carbocycles. The van der Waals surface area contributed by atoms with Crippen LogP contribution in [0.15, 0.2) is 36.4 Å². The van der Waals surface area contributed by atoms with Crippen LogP contribution in [0.1, 0.15) is 5.56 Å². The van der Waals surface area contributed by atoms with Crippen LogP contribution in [0.3, 0.4) is 0 Å². The van der Waals surface area contributed by atoms with Gasteiger partial charge in [-0.25, -0.2) is 4.79 Å². The standard InChI is InChI=1S/C16H14I2O5/c17-13-7-12(8-14(18)16(13)21)23-9-15(20)22-6-5-10-1-3-11(19)4-2-10/h1-4,7-8,19,21H,5-6,9H2. The predicted molar refractivity (Wildman–Crippen MR) is 102 cm³/mol. The molecule has 0 atom stereocenters. The van der Waals surface area contributed by atoms with E-state index in [0.29, 0.717) is 19.3 Å². The Hall–Kier alpha value is -1.23. The number of hydrogen-bond donors (Lipinski definition) is 2. The molecule has 7 heteroatoms. The molecule has 0 unspecified atom stereocenters. The van der Waals surface area contributed by atoms with Crippen LogP contribution in [0, 0.1) is 7.14 Å². The van der Waals surface area contributed by atoms with E-state index in [0.717, 1.165) is 5.56 Å². The van der Waals surface area contributed by atoms with Gasteiger partial charge in [-0.2, -0.15) is 0 Å². The van der Waals surface area contributed by atoms with Crippen LogP contribution in [0.2, 0.25) is 0 Å². The van der Waals surface area contributed by atoms with Crippen LogP contribution >= 0.6 is 45.2 Å². The van der Waals surface area contributed by atoms with Crippen LogP contribution in [0.4, 0.5) is 0 Å². The summed E-state index contributed by atoms with van der Waals surface area (Å²) in [4.78, 5) is 11.7. The van der Waals surface area contributed by atoms with Crippen molar-refractivity contribution in [3.63, 3.8) is 0 Å². The summed E-state index contributed by atoms with van der Waals surface area (Å²) < 4.78 is 11.8. The number of carbonyl (C=O) groups excluding carboxylic acids is 1. The lowest BCUT2D eigenvalue weighted by Gasteiger charge is -2.09. The van der Waals surface area contributed by atoms with Crippen LogP contribution in [-0.4, -0.2) is 29.4 Å². The quantitative estimate of drug-likeness (QED) is 0.434. The first-order valence-electron chi connectivity index (χ1n) is 6.70. The Morgan fingerprint density at radius 2 is 1.65 bits per heavy atom. The Morgan fingerprint density at radius 3 is 2.26 bits per heavy atom. The molecule has 2 rings (SSSR count). The maximum Gasteiger partial charge on any atom is 0.344 e. The van der Waals surface area contributed by atoms with Crippen molar-refractivity contribution >= 4 is 51.2 Å². The number of esters is 1. The Morgan fingerprint density at radius 1 is 1.04 bits per heavy atom. The maximum absolute atomic E-state index is 11.7. The van der Waals surface area contributed by atoms with Gasteiger partial charge in [-0.15, -0.1) is 0 Å². The summed E-state index contributed by atoms with van der Waals surface area (Å²) in [6.07, 6.45) is 0.570. The lowest BCUT2D eigenvalue weighted by Crippen LogP contribution is -2.16. The molecule has 0 spiro atoms. The molecule has 2 aromatic carbocycles. The minimum atomic E-state index is -0.457. The summed E-state index contributed by atoms with van der Waals surface area (Å²) >= 11 is 3.99. The number of benzene rings is 2. The summed E-state index contributed by atoms with van der Waals surface area (Å²) in [7, 11) is 0. The van der Waals surface area contributed by atoms with Gasteiger partial charge >= 0.3 is 5.97 Å². The summed E-state index contributed by atoms with van der Waals surface area (Å²) in [5.74, 6) is 0.460. The van der Waals surface area contributed by atoms with Gasteiger partial charge < -0.3 is 19.7 Å². The van der Waals surface area contributed by atoms with Gasteiger partial charge in [-0.1, -0.05) is 12.1 Å². The summed E-state index contributed by atoms with van der Waals surface area (Å²) in [5.41, 5.74) is 0.971. The van der Waals surface area contributed by atoms with Crippen molar-refractivity contribution < 1.29 is 24.5 Å². The highest BCUT2D eigenvalue weighted by atomic mass is 127. The second-order valence-electron chi connectivity index (χ2n) is 4.66. The summed E-state index contributed by atoms with van der Waals surface area (Å²) in [6.45, 7) is 0.0597. The van der Waals surface area contributed by atoms with Gasteiger partial charge in [0.15, 0.2) is 6.61 Å². The van der Waals surface area contributed by atoms with Crippen molar-refractivity contribution in [2.75, 3.05) is 13.2 Å². The lowest BCUT2D eigenvalue weighted by atomic mass is 10.1. The third kappa shape index (κ3) is 5.72. The van der Waals surface area contributed by atoms with E-state index in [2.05, 4.69) is 0 Å². The average molecular weight is 540 g/mol. The highest BCUT2D eigenvalue weighted by Gasteiger charge is 2.09. The van der Waals surface area contributed by atoms with E-state index in [4.69, 9.17) is 9.47 Å². The molecule has 122 valence electrons. The molecule has 0 bridgehead atoms. The molecular formula is C16H14I2O5. The maximum atomic E-state index is 11.7. The van der Waals surface area contributed by atoms with E-state index in [1.54, 1.807) is 36.4 Å². The SMILES string of the molecule is O=C(COc1cc(I)c(O)c(I)c1)OCCc1ccc(O)cc1. The Bertz CT molecular complexity index is 662. The van der Waals surface area contributed by atoms with E-state index < -0.39 is 5.97 Å². The second-order valence-corrected chi connectivity index (χ2v) is 6.99. The van der Waals surface area contributed by atoms with Gasteiger partial charge in [0.25, 0.3) is 0 Å². The average Bonchev–Trinajstić information content (AvgIpc) is 2.52. The van der Waals surface area contributed by atoms with Crippen molar-refractivity contribution in [1.29, 1.82) is 0 Å². The molecule has 0 amide bonds. The van der Waals surface area contributed by atoms with Crippen LogP contribution in [0.5, 0.6) is 17.2 Å². The van der Waals surface area contributed by atoms with E-state index in [-0.39, 0.29) is 24.7 Å². The minimum Gasteiger partial charge on any atom is -0.508 e. The molecule has 0 fully saturated rings. The van der Waals surface area contributed by atoms with Gasteiger partial charge in [0.1, 0.15) is 17.2 Å². The topological polar surface area (TPSA) is 76.0 Å². The molecule has 5 nitrogen and oxygen atoms in total. The Balaban J connectivity index is 1.76. The molecule has 0 aliphatic rings. The number of phenolic OH excluding ortho intramolecular Hbond substituents is 2. The molecule has 0 heterocycles. The van der Waals surface area contributed by atoms with Gasteiger partial charge in [0.05, 0.1) is 13.7 Å². The molecule has 0 aromatic heterocycles. The smallest absolute Gasteiger partial charge is 0.344 e. The number of ether oxygens (including phenoxy) is 2. The van der Waals surface area contributed by atoms with E-state index in [1.165, 1.54) is 0 Å². The molecule has 2 aromatic rings. The van der Waals surface area contributed by atoms with Gasteiger partial charge in [-0.05, 0) is 75.0 Å². The van der Waals surface area contributed by atoms with Crippen molar-refractivity contribution in [2.24, 2.45) is 0 Å². The van der Waals surface area contributed by atoms with Crippen molar-refractivity contribution in [3.05, 3.63) is 49.1 Å². The fraction of sp³-hybridized carbons (Fsp3) is 0.188. The second kappa shape index (κ2) is 8.57. The van der Waals surface area contributed by atoms with E-state index >= 15 is 0 Å². The van der Waals surface area contributed by atoms with E-state index in [1.807, 2.05) is 45.2 Å². The van der Waals surface area contributed by atoms with Gasteiger partial charge in [-0.3, -0.25) is 0 Å². The van der Waals surface area contributed by atoms with Crippen molar-refractivity contribution in [1.82, 2.24) is 0 Å². The van der Waals surface area contributed by atoms with Crippen LogP contribution < -0.4 is 4.74 Å². The first-order valence-corrected chi connectivity index (χ1v) is 8.86. The fourth-order valence-electron chi connectivity index (χ4n) is 1.75. The normalized spacial score (nSPS) is 10.3. The van der Waals surface area contributed by atoms with E-state index in [9.17, 15) is 15.0 Å². The monoisotopic (exact) mass is 540 g/mol. The molecule has 0 saturated carbocycles. The largest absolute Gasteiger partial charge is 0.508 e. The van der Waals surface area contributed by atoms with Crippen LogP contribution in [0.25, 0.3) is 0 Å². The van der Waals surface area contributed by atoms with Crippen LogP contribution in [-0.2, 0) is 16.0 Å². The number of carbonyl (C=O) groups is 1. The lowest BCUT2D eigenvalue weighted by molar-refractivity contribution is -0.145. The first kappa shape index (κ1) is 18.1. The van der Waals surface area contributed by atoms with Crippen molar-refractivity contribution in [2.45, 2.75) is 6.42 Å². The van der Waals surface area contributed by atoms with Crippen molar-refractivity contribution in [3.8, 4) is 17.2 Å². The number of hydrogen-bond acceptors (Lipinski definition) is 5. The Labute approximate surface area is 160 Å². The first-order chi connectivity index (χ1) is 11.0. The fourth-order valence-corrected chi connectivity index (χ4v) is 3.47. The van der Waals surface area contributed by atoms with Gasteiger partial charge in [0, 0.05) is 6.42 Å². The molecule has 0 radical (unpaired) electrons. The number of aromatic hydroxyl groups is 2. The number of rotatable bonds is 6. The molecule has 23 heavy (non-hydrogen) atoms. The number of phenols is 2. The summed E-state index contributed by atoms with van der Waals surface area (Å²) in [6, 6.07) is 10.0. The zero-order valence-electron chi connectivity index (χ0n) is 12.0. The third-order valence-electron chi connectivity index (χ3n) is 2.94. The summed E-state index contributed by atoms with van der Waals surface area (Å²) in [5, 5.41) is 18.9. The predicted octanol–water partition coefficient (Wildman–Crippen LogP) is 3.47. The molecule has 2 N–H and O–H groups in total. The zero-order chi connectivity index (χ0) is 16.8. The molecule has 0 aliphatic heterocycles. The highest BCUT2D eigenvalue weighted by Crippen LogP contribution is 2.30. The minimum absolute atomic E-state index is 0.188. The Kier molecular flexibility index (Phi) is 6.75. The number of halogens is 2. The highest BCUT2D eigenvalue weighted by molar-refractivity contribution is 14.1. The van der Waals surface area contributed by atoms with Gasteiger partial charge in [0.2, 0.25) is 0 Å². The third-order valence-corrected chi connectivity index (χ3v) is 4.58. The molecule has 0 saturated heterocycles.